The van der Waals surface area contributed by atoms with E-state index in [4.69, 9.17) is 4.74 Å². The average molecular weight is 389 g/mol. The Hall–Kier alpha value is -2.74. The molecule has 7 nitrogen and oxygen atoms in total. The van der Waals surface area contributed by atoms with Crippen LogP contribution in [0.15, 0.2) is 18.2 Å². The molecule has 1 N–H and O–H groups in total. The lowest BCUT2D eigenvalue weighted by Gasteiger charge is -2.18. The largest absolute Gasteiger partial charge is 0.451 e. The molecule has 0 aliphatic carbocycles. The van der Waals surface area contributed by atoms with Gasteiger partial charge in [-0.3, -0.25) is 9.59 Å². The number of aryl methyl sites for hydroxylation is 4. The second-order valence-electron chi connectivity index (χ2n) is 6.29. The van der Waals surface area contributed by atoms with Crippen LogP contribution in [0.3, 0.4) is 0 Å². The van der Waals surface area contributed by atoms with Crippen molar-refractivity contribution in [3.8, 4) is 0 Å². The Kier molecular flexibility index (Phi) is 6.68. The molecule has 0 saturated carbocycles. The molecule has 0 unspecified atom stereocenters. The van der Waals surface area contributed by atoms with Crippen molar-refractivity contribution in [2.45, 2.75) is 27.7 Å². The summed E-state index contributed by atoms with van der Waals surface area (Å²) >= 11 is 1.22. The van der Waals surface area contributed by atoms with Gasteiger partial charge in [0, 0.05) is 12.7 Å². The van der Waals surface area contributed by atoms with Gasteiger partial charge in [-0.05, 0) is 38.8 Å². The summed E-state index contributed by atoms with van der Waals surface area (Å²) < 4.78 is 5.05. The number of ether oxygens (including phenoxy) is 1. The minimum atomic E-state index is -0.583. The number of rotatable bonds is 6. The van der Waals surface area contributed by atoms with E-state index in [2.05, 4.69) is 10.3 Å². The minimum absolute atomic E-state index is 0.136. The zero-order valence-corrected chi connectivity index (χ0v) is 16.9. The van der Waals surface area contributed by atoms with Crippen LogP contribution in [0, 0.1) is 27.7 Å². The summed E-state index contributed by atoms with van der Waals surface area (Å²) in [6, 6.07) is 5.72. The first-order chi connectivity index (χ1) is 12.7. The van der Waals surface area contributed by atoms with E-state index in [0.717, 1.165) is 21.8 Å². The molecule has 2 aromatic rings. The molecule has 1 aromatic carbocycles. The fraction of sp³-hybridized carbons (Fsp3) is 0.368. The Bertz CT molecular complexity index is 856. The Labute approximate surface area is 162 Å². The first kappa shape index (κ1) is 20.6. The van der Waals surface area contributed by atoms with Crippen molar-refractivity contribution < 1.29 is 19.1 Å². The minimum Gasteiger partial charge on any atom is -0.451 e. The van der Waals surface area contributed by atoms with Crippen LogP contribution < -0.4 is 5.32 Å². The first-order valence-electron chi connectivity index (χ1n) is 8.40. The smallest absolute Gasteiger partial charge is 0.350 e. The molecule has 0 aliphatic heterocycles. The third kappa shape index (κ3) is 5.37. The van der Waals surface area contributed by atoms with E-state index in [1.54, 1.807) is 13.8 Å². The maximum absolute atomic E-state index is 12.2. The van der Waals surface area contributed by atoms with Gasteiger partial charge in [0.2, 0.25) is 5.91 Å². The van der Waals surface area contributed by atoms with Crippen LogP contribution in [0.2, 0.25) is 0 Å². The summed E-state index contributed by atoms with van der Waals surface area (Å²) in [4.78, 5) is 42.2. The molecule has 2 rings (SSSR count). The summed E-state index contributed by atoms with van der Waals surface area (Å²) in [5, 5.41) is 3.57. The monoisotopic (exact) mass is 389 g/mol. The molecule has 0 atom stereocenters. The van der Waals surface area contributed by atoms with Crippen molar-refractivity contribution in [3.63, 3.8) is 0 Å². The number of anilines is 1. The number of thiazole rings is 1. The second-order valence-corrected chi connectivity index (χ2v) is 7.49. The third-order valence-corrected chi connectivity index (χ3v) is 5.02. The van der Waals surface area contributed by atoms with E-state index < -0.39 is 18.5 Å². The van der Waals surface area contributed by atoms with Gasteiger partial charge in [0.25, 0.3) is 5.91 Å². The molecule has 0 fully saturated rings. The molecule has 0 aliphatic rings. The van der Waals surface area contributed by atoms with Crippen molar-refractivity contribution in [1.82, 2.24) is 9.88 Å². The number of hydrogen-bond acceptors (Lipinski definition) is 6. The number of nitrogens with one attached hydrogen (secondary N) is 1. The van der Waals surface area contributed by atoms with E-state index in [1.165, 1.54) is 23.3 Å². The van der Waals surface area contributed by atoms with Crippen LogP contribution in [0.1, 0.15) is 31.5 Å². The van der Waals surface area contributed by atoms with Gasteiger partial charge in [-0.2, -0.15) is 0 Å². The maximum atomic E-state index is 12.2. The molecule has 27 heavy (non-hydrogen) atoms. The predicted molar refractivity (Wildman–Crippen MR) is 104 cm³/mol. The maximum Gasteiger partial charge on any atom is 0.350 e. The van der Waals surface area contributed by atoms with Crippen LogP contribution in [-0.2, 0) is 14.3 Å². The highest BCUT2D eigenvalue weighted by Gasteiger charge is 2.19. The highest BCUT2D eigenvalue weighted by Crippen LogP contribution is 2.19. The van der Waals surface area contributed by atoms with Crippen LogP contribution in [0.5, 0.6) is 0 Å². The number of benzene rings is 1. The molecule has 0 bridgehead atoms. The predicted octanol–water partition coefficient (Wildman–Crippen LogP) is 2.63. The van der Waals surface area contributed by atoms with Crippen molar-refractivity contribution in [2.75, 3.05) is 25.5 Å². The molecule has 1 aromatic heterocycles. The topological polar surface area (TPSA) is 88.6 Å². The zero-order chi connectivity index (χ0) is 20.1. The summed E-state index contributed by atoms with van der Waals surface area (Å²) in [6.07, 6.45) is 0. The molecular weight excluding hydrogens is 366 g/mol. The Morgan fingerprint density at radius 1 is 1.15 bits per heavy atom. The fourth-order valence-electron chi connectivity index (χ4n) is 2.52. The van der Waals surface area contributed by atoms with Crippen molar-refractivity contribution in [2.24, 2.45) is 0 Å². The van der Waals surface area contributed by atoms with Gasteiger partial charge in [0.05, 0.1) is 17.2 Å². The summed E-state index contributed by atoms with van der Waals surface area (Å²) in [5.74, 6) is -1.36. The van der Waals surface area contributed by atoms with Gasteiger partial charge in [-0.1, -0.05) is 18.2 Å². The van der Waals surface area contributed by atoms with Gasteiger partial charge in [0.15, 0.2) is 6.61 Å². The number of aromatic nitrogens is 1. The first-order valence-corrected chi connectivity index (χ1v) is 9.22. The fourth-order valence-corrected chi connectivity index (χ4v) is 3.33. The van der Waals surface area contributed by atoms with Crippen molar-refractivity contribution in [1.29, 1.82) is 0 Å². The van der Waals surface area contributed by atoms with Gasteiger partial charge in [-0.25, -0.2) is 9.78 Å². The summed E-state index contributed by atoms with van der Waals surface area (Å²) in [7, 11) is 1.49. The van der Waals surface area contributed by atoms with Crippen LogP contribution in [0.4, 0.5) is 5.69 Å². The van der Waals surface area contributed by atoms with Gasteiger partial charge < -0.3 is 15.0 Å². The van der Waals surface area contributed by atoms with E-state index in [-0.39, 0.29) is 12.5 Å². The second kappa shape index (κ2) is 8.77. The molecular formula is C19H23N3O4S. The molecule has 8 heteroatoms. The summed E-state index contributed by atoms with van der Waals surface area (Å²) in [6.45, 7) is 6.75. The standard InChI is InChI=1S/C19H23N3O4S/c1-11-7-6-8-12(2)17(11)21-15(23)9-22(5)16(24)10-26-19(25)18-13(3)20-14(4)27-18/h6-8H,9-10H2,1-5H3,(H,21,23). The Balaban J connectivity index is 1.87. The molecule has 0 radical (unpaired) electrons. The van der Waals surface area contributed by atoms with Gasteiger partial charge in [-0.15, -0.1) is 11.3 Å². The Morgan fingerprint density at radius 2 is 1.78 bits per heavy atom. The number of nitrogens with zero attached hydrogens (tertiary/aromatic N) is 2. The lowest BCUT2D eigenvalue weighted by Crippen LogP contribution is -2.37. The average Bonchev–Trinajstić information content (AvgIpc) is 2.94. The highest BCUT2D eigenvalue weighted by molar-refractivity contribution is 7.13. The van der Waals surface area contributed by atoms with Crippen LogP contribution in [0.25, 0.3) is 0 Å². The van der Waals surface area contributed by atoms with Gasteiger partial charge >= 0.3 is 5.97 Å². The molecule has 0 spiro atoms. The number of carbonyl (C=O) groups excluding carboxylic acids is 3. The molecule has 2 amide bonds. The van der Waals surface area contributed by atoms with Crippen LogP contribution in [-0.4, -0.2) is 47.9 Å². The Morgan fingerprint density at radius 3 is 2.33 bits per heavy atom. The van der Waals surface area contributed by atoms with E-state index >= 15 is 0 Å². The zero-order valence-electron chi connectivity index (χ0n) is 16.1. The normalized spacial score (nSPS) is 10.4. The van der Waals surface area contributed by atoms with Crippen molar-refractivity contribution >= 4 is 34.8 Å². The molecule has 0 saturated heterocycles. The number of likely N-dealkylation sites (N-methyl/N-ethyl adjacent to an activating group) is 1. The van der Waals surface area contributed by atoms with Gasteiger partial charge in [0.1, 0.15) is 4.88 Å². The lowest BCUT2D eigenvalue weighted by molar-refractivity contribution is -0.136. The van der Waals surface area contributed by atoms with Crippen molar-refractivity contribution in [3.05, 3.63) is 44.9 Å². The quantitative estimate of drug-likeness (QED) is 0.767. The highest BCUT2D eigenvalue weighted by atomic mass is 32.1. The number of amides is 2. The lowest BCUT2D eigenvalue weighted by atomic mass is 10.1. The van der Waals surface area contributed by atoms with E-state index in [1.807, 2.05) is 32.0 Å². The van der Waals surface area contributed by atoms with E-state index in [0.29, 0.717) is 10.6 Å². The number of carbonyl (C=O) groups is 3. The SMILES string of the molecule is Cc1nc(C)c(C(=O)OCC(=O)N(C)CC(=O)Nc2c(C)cccc2C)s1. The number of para-hydroxylation sites is 1. The number of esters is 1. The van der Waals surface area contributed by atoms with E-state index in [9.17, 15) is 14.4 Å². The molecule has 144 valence electrons. The molecule has 1 heterocycles. The number of hydrogen-bond donors (Lipinski definition) is 1. The summed E-state index contributed by atoms with van der Waals surface area (Å²) in [5.41, 5.74) is 3.21. The van der Waals surface area contributed by atoms with Crippen LogP contribution >= 0.6 is 11.3 Å². The third-order valence-electron chi connectivity index (χ3n) is 3.97.